The molecule has 0 amide bonds. The van der Waals surface area contributed by atoms with Gasteiger partial charge in [0.1, 0.15) is 0 Å². The van der Waals surface area contributed by atoms with E-state index in [1.807, 2.05) is 43.1 Å². The van der Waals surface area contributed by atoms with Gasteiger partial charge in [0.25, 0.3) is 0 Å². The van der Waals surface area contributed by atoms with Gasteiger partial charge in [0.05, 0.1) is 28.7 Å². The monoisotopic (exact) mass is 325 g/mol. The Labute approximate surface area is 142 Å². The van der Waals surface area contributed by atoms with Crippen LogP contribution in [0.5, 0.6) is 0 Å². The second-order valence-corrected chi connectivity index (χ2v) is 5.94. The van der Waals surface area contributed by atoms with E-state index in [1.165, 1.54) is 0 Å². The van der Waals surface area contributed by atoms with Crippen molar-refractivity contribution in [1.82, 2.24) is 4.90 Å². The van der Waals surface area contributed by atoms with Gasteiger partial charge in [-0.1, -0.05) is 29.8 Å². The summed E-state index contributed by atoms with van der Waals surface area (Å²) in [6.45, 7) is 4.99. The summed E-state index contributed by atoms with van der Waals surface area (Å²) in [6.07, 6.45) is 2.48. The number of aliphatic imine (C=N–C) groups is 1. The summed E-state index contributed by atoms with van der Waals surface area (Å²) < 4.78 is 0. The molecule has 0 fully saturated rings. The van der Waals surface area contributed by atoms with Crippen LogP contribution in [0.25, 0.3) is 0 Å². The number of rotatable bonds is 5. The minimum absolute atomic E-state index is 0.661. The summed E-state index contributed by atoms with van der Waals surface area (Å²) in [4.78, 5) is 6.48. The Morgan fingerprint density at radius 1 is 1.30 bits per heavy atom. The number of aryl methyl sites for hydroxylation is 1. The molecule has 2 aromatic carbocycles. The lowest BCUT2D eigenvalue weighted by Crippen LogP contribution is -2.14. The summed E-state index contributed by atoms with van der Waals surface area (Å²) >= 11 is 6.53. The van der Waals surface area contributed by atoms with Crippen molar-refractivity contribution in [3.05, 3.63) is 63.7 Å². The van der Waals surface area contributed by atoms with Crippen LogP contribution in [0.4, 0.5) is 5.69 Å². The first-order valence-electron chi connectivity index (χ1n) is 7.56. The molecule has 2 rings (SSSR count). The molecule has 0 atom stereocenters. The highest BCUT2D eigenvalue weighted by Crippen LogP contribution is 2.31. The van der Waals surface area contributed by atoms with Gasteiger partial charge in [-0.05, 0) is 55.2 Å². The molecule has 0 radical (unpaired) electrons. The third kappa shape index (κ3) is 4.58. The van der Waals surface area contributed by atoms with Crippen molar-refractivity contribution in [2.45, 2.75) is 20.3 Å². The zero-order valence-electron chi connectivity index (χ0n) is 13.7. The van der Waals surface area contributed by atoms with Crippen molar-refractivity contribution in [2.24, 2.45) is 4.99 Å². The second-order valence-electron chi connectivity index (χ2n) is 5.56. The number of benzene rings is 2. The molecule has 0 aromatic heterocycles. The highest BCUT2D eigenvalue weighted by Gasteiger charge is 2.08. The van der Waals surface area contributed by atoms with E-state index in [4.69, 9.17) is 16.9 Å². The van der Waals surface area contributed by atoms with Gasteiger partial charge in [-0.15, -0.1) is 0 Å². The Hall–Kier alpha value is -2.31. The molecule has 0 saturated carbocycles. The molecule has 0 aliphatic heterocycles. The van der Waals surface area contributed by atoms with Gasteiger partial charge in [0.15, 0.2) is 0 Å². The molecule has 0 unspecified atom stereocenters. The maximum absolute atomic E-state index is 9.02. The molecule has 4 heteroatoms. The summed E-state index contributed by atoms with van der Waals surface area (Å²) in [5.41, 5.74) is 4.64. The lowest BCUT2D eigenvalue weighted by Gasteiger charge is -2.11. The molecule has 0 heterocycles. The van der Waals surface area contributed by atoms with Crippen LogP contribution in [-0.2, 0) is 6.42 Å². The number of hydrogen-bond donors (Lipinski definition) is 0. The minimum atomic E-state index is 0.661. The van der Waals surface area contributed by atoms with Crippen LogP contribution in [0.3, 0.4) is 0 Å². The molecule has 118 valence electrons. The molecule has 2 aromatic rings. The first kappa shape index (κ1) is 17.1. The van der Waals surface area contributed by atoms with Crippen molar-refractivity contribution in [3.8, 4) is 6.07 Å². The van der Waals surface area contributed by atoms with Crippen LogP contribution >= 0.6 is 11.6 Å². The maximum Gasteiger partial charge on any atom is 0.0991 e. The van der Waals surface area contributed by atoms with E-state index in [0.29, 0.717) is 17.0 Å². The maximum atomic E-state index is 9.02. The van der Waals surface area contributed by atoms with Crippen LogP contribution in [0.15, 0.2) is 41.4 Å². The average molecular weight is 326 g/mol. The number of hydrogen-bond acceptors (Lipinski definition) is 2. The Morgan fingerprint density at radius 2 is 2.09 bits per heavy atom. The first-order valence-corrected chi connectivity index (χ1v) is 7.93. The Balaban J connectivity index is 2.34. The zero-order valence-corrected chi connectivity index (χ0v) is 14.4. The molecular weight excluding hydrogens is 306 g/mol. The van der Waals surface area contributed by atoms with E-state index in [-0.39, 0.29) is 0 Å². The SMILES string of the molecule is CCN(C)C=Nc1cc(C)cc(Cc2cccc(C#N)c2)c1Cl. The summed E-state index contributed by atoms with van der Waals surface area (Å²) in [5.74, 6) is 0. The van der Waals surface area contributed by atoms with Crippen molar-refractivity contribution < 1.29 is 0 Å². The molecular formula is C19H20ClN3. The van der Waals surface area contributed by atoms with Crippen molar-refractivity contribution in [3.63, 3.8) is 0 Å². The van der Waals surface area contributed by atoms with E-state index in [0.717, 1.165) is 28.9 Å². The van der Waals surface area contributed by atoms with Crippen LogP contribution in [0, 0.1) is 18.3 Å². The standard InChI is InChI=1S/C19H20ClN3/c1-4-23(3)13-22-18-9-14(2)8-17(19(18)20)11-15-6-5-7-16(10-15)12-21/h5-10,13H,4,11H2,1-3H3. The molecule has 0 spiro atoms. The fraction of sp³-hybridized carbons (Fsp3) is 0.263. The number of nitriles is 1. The van der Waals surface area contributed by atoms with E-state index in [9.17, 15) is 0 Å². The molecule has 0 bridgehead atoms. The molecule has 0 aliphatic carbocycles. The van der Waals surface area contributed by atoms with Crippen molar-refractivity contribution in [2.75, 3.05) is 13.6 Å². The smallest absolute Gasteiger partial charge is 0.0991 e. The summed E-state index contributed by atoms with van der Waals surface area (Å²) in [5, 5.41) is 9.68. The molecule has 0 aliphatic rings. The Kier molecular flexibility index (Phi) is 5.78. The minimum Gasteiger partial charge on any atom is -0.366 e. The van der Waals surface area contributed by atoms with Gasteiger partial charge in [-0.2, -0.15) is 5.26 Å². The zero-order chi connectivity index (χ0) is 16.8. The summed E-state index contributed by atoms with van der Waals surface area (Å²) in [6, 6.07) is 13.8. The lowest BCUT2D eigenvalue weighted by atomic mass is 10.0. The van der Waals surface area contributed by atoms with Crippen molar-refractivity contribution >= 4 is 23.6 Å². The van der Waals surface area contributed by atoms with Gasteiger partial charge >= 0.3 is 0 Å². The van der Waals surface area contributed by atoms with Crippen molar-refractivity contribution in [1.29, 1.82) is 5.26 Å². The molecule has 0 N–H and O–H groups in total. The predicted molar refractivity (Wildman–Crippen MR) is 96.6 cm³/mol. The van der Waals surface area contributed by atoms with E-state index >= 15 is 0 Å². The fourth-order valence-electron chi connectivity index (χ4n) is 2.26. The highest BCUT2D eigenvalue weighted by molar-refractivity contribution is 6.33. The quantitative estimate of drug-likeness (QED) is 0.589. The van der Waals surface area contributed by atoms with Crippen LogP contribution in [-0.4, -0.2) is 24.8 Å². The highest BCUT2D eigenvalue weighted by atomic mass is 35.5. The third-order valence-electron chi connectivity index (χ3n) is 3.62. The average Bonchev–Trinajstić information content (AvgIpc) is 2.56. The van der Waals surface area contributed by atoms with E-state index in [2.05, 4.69) is 24.1 Å². The predicted octanol–water partition coefficient (Wildman–Crippen LogP) is 4.72. The molecule has 23 heavy (non-hydrogen) atoms. The van der Waals surface area contributed by atoms with Gasteiger partial charge < -0.3 is 4.90 Å². The van der Waals surface area contributed by atoms with Gasteiger partial charge in [0.2, 0.25) is 0 Å². The lowest BCUT2D eigenvalue weighted by molar-refractivity contribution is 0.552. The van der Waals surface area contributed by atoms with E-state index in [1.54, 1.807) is 12.4 Å². The van der Waals surface area contributed by atoms with Crippen LogP contribution in [0.1, 0.15) is 29.2 Å². The van der Waals surface area contributed by atoms with Gasteiger partial charge in [0, 0.05) is 13.6 Å². The number of halogens is 1. The Bertz CT molecular complexity index is 760. The topological polar surface area (TPSA) is 39.4 Å². The van der Waals surface area contributed by atoms with Gasteiger partial charge in [-0.25, -0.2) is 4.99 Å². The number of nitrogens with zero attached hydrogens (tertiary/aromatic N) is 3. The molecule has 3 nitrogen and oxygen atoms in total. The second kappa shape index (κ2) is 7.80. The normalized spacial score (nSPS) is 10.7. The largest absolute Gasteiger partial charge is 0.366 e. The van der Waals surface area contributed by atoms with Crippen LogP contribution in [0.2, 0.25) is 5.02 Å². The summed E-state index contributed by atoms with van der Waals surface area (Å²) in [7, 11) is 1.97. The Morgan fingerprint density at radius 3 is 2.78 bits per heavy atom. The van der Waals surface area contributed by atoms with Crippen LogP contribution < -0.4 is 0 Å². The van der Waals surface area contributed by atoms with Gasteiger partial charge in [-0.3, -0.25) is 0 Å². The third-order valence-corrected chi connectivity index (χ3v) is 4.05. The first-order chi connectivity index (χ1) is 11.0. The molecule has 0 saturated heterocycles. The fourth-order valence-corrected chi connectivity index (χ4v) is 2.48. The van der Waals surface area contributed by atoms with E-state index < -0.39 is 0 Å².